The van der Waals surface area contributed by atoms with Gasteiger partial charge < -0.3 is 11.1 Å². The van der Waals surface area contributed by atoms with Gasteiger partial charge in [-0.3, -0.25) is 4.99 Å². The van der Waals surface area contributed by atoms with E-state index in [0.717, 1.165) is 11.4 Å². The van der Waals surface area contributed by atoms with Crippen molar-refractivity contribution in [3.05, 3.63) is 0 Å². The van der Waals surface area contributed by atoms with Crippen molar-refractivity contribution in [2.45, 2.75) is 13.3 Å². The quantitative estimate of drug-likeness (QED) is 0.316. The van der Waals surface area contributed by atoms with Gasteiger partial charge in [-0.1, -0.05) is 19.1 Å². The molecule has 0 heterocycles. The van der Waals surface area contributed by atoms with Crippen molar-refractivity contribution in [1.29, 1.82) is 0 Å². The van der Waals surface area contributed by atoms with Crippen molar-refractivity contribution in [3.8, 4) is 0 Å². The third-order valence-corrected chi connectivity index (χ3v) is 1.22. The minimum atomic E-state index is 0.377. The Morgan fingerprint density at radius 2 is 2.33 bits per heavy atom. The molecule has 0 saturated heterocycles. The summed E-state index contributed by atoms with van der Waals surface area (Å²) in [6.07, 6.45) is 0.797. The van der Waals surface area contributed by atoms with E-state index < -0.39 is 0 Å². The zero-order chi connectivity index (χ0) is 7.28. The molecule has 0 bridgehead atoms. The van der Waals surface area contributed by atoms with Crippen molar-refractivity contribution < 1.29 is 0 Å². The molecule has 0 amide bonds. The van der Waals surface area contributed by atoms with Gasteiger partial charge in [0.2, 0.25) is 0 Å². The number of nitrogens with zero attached hydrogens (tertiary/aromatic N) is 1. The van der Waals surface area contributed by atoms with E-state index in [-0.39, 0.29) is 0 Å². The van der Waals surface area contributed by atoms with Gasteiger partial charge in [0.05, 0.1) is 4.99 Å². The Labute approximate surface area is 60.3 Å². The van der Waals surface area contributed by atoms with Crippen molar-refractivity contribution in [1.82, 2.24) is 5.32 Å². The second-order valence-electron chi connectivity index (χ2n) is 1.51. The van der Waals surface area contributed by atoms with Crippen LogP contribution in [0.1, 0.15) is 13.3 Å². The number of guanidine groups is 1. The molecular formula is C5H11N3S. The number of rotatable bonds is 1. The highest BCUT2D eigenvalue weighted by Gasteiger charge is 1.91. The van der Waals surface area contributed by atoms with Gasteiger partial charge in [-0.15, -0.1) is 0 Å². The number of hydrogen-bond acceptors (Lipinski definition) is 2. The van der Waals surface area contributed by atoms with Crippen LogP contribution in [0.5, 0.6) is 0 Å². The standard InChI is InChI=1S/C5H11N3S/c1-3-4(9)8-5(6)7-2/h3H2,1-2H3,(H3,6,7,8,9). The first-order chi connectivity index (χ1) is 4.20. The monoisotopic (exact) mass is 145 g/mol. The van der Waals surface area contributed by atoms with Gasteiger partial charge in [-0.05, 0) is 6.42 Å². The topological polar surface area (TPSA) is 50.4 Å². The summed E-state index contributed by atoms with van der Waals surface area (Å²) in [6.45, 7) is 1.96. The van der Waals surface area contributed by atoms with E-state index in [2.05, 4.69) is 10.3 Å². The third-order valence-electron chi connectivity index (χ3n) is 0.830. The first-order valence-electron chi connectivity index (χ1n) is 2.72. The number of aliphatic imine (C=N–C) groups is 1. The molecule has 0 aliphatic carbocycles. The van der Waals surface area contributed by atoms with Crippen molar-refractivity contribution >= 4 is 23.2 Å². The first kappa shape index (κ1) is 8.36. The molecule has 9 heavy (non-hydrogen) atoms. The molecule has 0 aliphatic heterocycles. The SMILES string of the molecule is CCC(=S)NC(N)=NC. The van der Waals surface area contributed by atoms with Gasteiger partial charge in [0, 0.05) is 7.05 Å². The molecule has 0 saturated carbocycles. The van der Waals surface area contributed by atoms with Crippen molar-refractivity contribution in [2.24, 2.45) is 10.7 Å². The van der Waals surface area contributed by atoms with Crippen LogP contribution in [0.3, 0.4) is 0 Å². The lowest BCUT2D eigenvalue weighted by atomic mass is 10.5. The van der Waals surface area contributed by atoms with Crippen molar-refractivity contribution in [3.63, 3.8) is 0 Å². The van der Waals surface area contributed by atoms with Gasteiger partial charge >= 0.3 is 0 Å². The number of thiocarbonyl (C=S) groups is 1. The van der Waals surface area contributed by atoms with E-state index in [1.807, 2.05) is 6.92 Å². The minimum absolute atomic E-state index is 0.377. The fourth-order valence-electron chi connectivity index (χ4n) is 0.287. The molecule has 0 aromatic heterocycles. The van der Waals surface area contributed by atoms with E-state index in [0.29, 0.717) is 5.96 Å². The molecule has 3 nitrogen and oxygen atoms in total. The molecule has 0 spiro atoms. The fraction of sp³-hybridized carbons (Fsp3) is 0.600. The van der Waals surface area contributed by atoms with Crippen molar-refractivity contribution in [2.75, 3.05) is 7.05 Å². The first-order valence-corrected chi connectivity index (χ1v) is 3.13. The van der Waals surface area contributed by atoms with Crippen LogP contribution in [-0.4, -0.2) is 18.0 Å². The van der Waals surface area contributed by atoms with E-state index >= 15 is 0 Å². The molecule has 0 fully saturated rings. The Morgan fingerprint density at radius 3 is 2.67 bits per heavy atom. The molecule has 0 atom stereocenters. The molecule has 0 aliphatic rings. The summed E-state index contributed by atoms with van der Waals surface area (Å²) in [5, 5.41) is 2.74. The van der Waals surface area contributed by atoms with E-state index in [1.165, 1.54) is 0 Å². The Morgan fingerprint density at radius 1 is 1.78 bits per heavy atom. The highest BCUT2D eigenvalue weighted by Crippen LogP contribution is 1.77. The average molecular weight is 145 g/mol. The molecule has 0 aromatic rings. The minimum Gasteiger partial charge on any atom is -0.370 e. The van der Waals surface area contributed by atoms with E-state index in [4.69, 9.17) is 18.0 Å². The third kappa shape index (κ3) is 3.90. The maximum absolute atomic E-state index is 5.30. The van der Waals surface area contributed by atoms with Gasteiger partial charge in [-0.2, -0.15) is 0 Å². The van der Waals surface area contributed by atoms with Gasteiger partial charge in [0.15, 0.2) is 5.96 Å². The lowest BCUT2D eigenvalue weighted by molar-refractivity contribution is 1.18. The lowest BCUT2D eigenvalue weighted by Crippen LogP contribution is -2.34. The maximum Gasteiger partial charge on any atom is 0.193 e. The Kier molecular flexibility index (Phi) is 3.96. The van der Waals surface area contributed by atoms with Crippen LogP contribution in [-0.2, 0) is 0 Å². The second kappa shape index (κ2) is 4.26. The predicted octanol–water partition coefficient (Wildman–Crippen LogP) is 0.258. The summed E-state index contributed by atoms with van der Waals surface area (Å²) in [4.78, 5) is 4.39. The second-order valence-corrected chi connectivity index (χ2v) is 2.00. The molecule has 0 rings (SSSR count). The number of nitrogens with two attached hydrogens (primary N) is 1. The van der Waals surface area contributed by atoms with Crippen LogP contribution < -0.4 is 11.1 Å². The highest BCUT2D eigenvalue weighted by molar-refractivity contribution is 7.80. The van der Waals surface area contributed by atoms with Crippen LogP contribution in [0.15, 0.2) is 4.99 Å². The normalized spacial score (nSPS) is 11.1. The predicted molar refractivity (Wildman–Crippen MR) is 43.6 cm³/mol. The van der Waals surface area contributed by atoms with Crippen LogP contribution in [0.4, 0.5) is 0 Å². The summed E-state index contributed by atoms with van der Waals surface area (Å²) in [5.74, 6) is 0.377. The summed E-state index contributed by atoms with van der Waals surface area (Å²) in [6, 6.07) is 0. The zero-order valence-electron chi connectivity index (χ0n) is 5.64. The fourth-order valence-corrected chi connectivity index (χ4v) is 0.392. The Bertz CT molecular complexity index is 130. The van der Waals surface area contributed by atoms with Gasteiger partial charge in [-0.25, -0.2) is 0 Å². The smallest absolute Gasteiger partial charge is 0.193 e. The molecule has 4 heteroatoms. The highest BCUT2D eigenvalue weighted by atomic mass is 32.1. The molecule has 0 unspecified atom stereocenters. The maximum atomic E-state index is 5.30. The average Bonchev–Trinajstić information content (AvgIpc) is 1.87. The van der Waals surface area contributed by atoms with Gasteiger partial charge in [0.1, 0.15) is 0 Å². The lowest BCUT2D eigenvalue weighted by Gasteiger charge is -2.01. The number of nitrogens with one attached hydrogen (secondary N) is 1. The van der Waals surface area contributed by atoms with Crippen LogP contribution in [0.25, 0.3) is 0 Å². The molecule has 52 valence electrons. The molecule has 0 radical (unpaired) electrons. The van der Waals surface area contributed by atoms with E-state index in [9.17, 15) is 0 Å². The van der Waals surface area contributed by atoms with Crippen LogP contribution >= 0.6 is 12.2 Å². The van der Waals surface area contributed by atoms with Crippen LogP contribution in [0.2, 0.25) is 0 Å². The summed E-state index contributed by atoms with van der Waals surface area (Å²) in [7, 11) is 1.61. The molecular weight excluding hydrogens is 134 g/mol. The molecule has 3 N–H and O–H groups in total. The largest absolute Gasteiger partial charge is 0.370 e. The zero-order valence-corrected chi connectivity index (χ0v) is 6.46. The van der Waals surface area contributed by atoms with Crippen LogP contribution in [0, 0.1) is 0 Å². The van der Waals surface area contributed by atoms with Gasteiger partial charge in [0.25, 0.3) is 0 Å². The summed E-state index contributed by atoms with van der Waals surface area (Å²) in [5.41, 5.74) is 5.30. The Balaban J connectivity index is 3.60. The summed E-state index contributed by atoms with van der Waals surface area (Å²) >= 11 is 4.83. The Hall–Kier alpha value is -0.640. The molecule has 0 aromatic carbocycles. The van der Waals surface area contributed by atoms with E-state index in [1.54, 1.807) is 7.05 Å². The number of hydrogen-bond donors (Lipinski definition) is 2. The summed E-state index contributed by atoms with van der Waals surface area (Å²) < 4.78 is 0.